The van der Waals surface area contributed by atoms with Gasteiger partial charge in [-0.05, 0) is 30.9 Å². The fraction of sp³-hybridized carbons (Fsp3) is 0.455. The Balaban J connectivity index is 2.22. The van der Waals surface area contributed by atoms with Crippen molar-refractivity contribution in [1.82, 2.24) is 4.72 Å². The molecule has 0 heterocycles. The Morgan fingerprint density at radius 2 is 2.15 bits per heavy atom. The van der Waals surface area contributed by atoms with Crippen molar-refractivity contribution in [2.45, 2.75) is 23.8 Å². The van der Waals surface area contributed by atoms with E-state index in [0.717, 1.165) is 25.0 Å². The number of aliphatic hydroxyl groups excluding tert-OH is 1. The monoisotopic (exact) mass is 304 g/mol. The lowest BCUT2D eigenvalue weighted by molar-refractivity contribution is -0.388. The highest BCUT2D eigenvalue weighted by Crippen LogP contribution is 2.32. The summed E-state index contributed by atoms with van der Waals surface area (Å²) in [4.78, 5) is 9.19. The van der Waals surface area contributed by atoms with Gasteiger partial charge in [-0.3, -0.25) is 10.1 Å². The van der Waals surface area contributed by atoms with Crippen molar-refractivity contribution in [3.05, 3.63) is 34.1 Å². The molecule has 1 atom stereocenters. The molecule has 9 heteroatoms. The van der Waals surface area contributed by atoms with Crippen molar-refractivity contribution >= 4 is 15.7 Å². The van der Waals surface area contributed by atoms with Gasteiger partial charge in [0, 0.05) is 6.54 Å². The van der Waals surface area contributed by atoms with Crippen LogP contribution in [0.1, 0.15) is 12.8 Å². The molecule has 1 unspecified atom stereocenters. The quantitative estimate of drug-likeness (QED) is 0.596. The molecule has 7 nitrogen and oxygen atoms in total. The second kappa shape index (κ2) is 5.43. The molecule has 0 amide bonds. The molecule has 20 heavy (non-hydrogen) atoms. The van der Waals surface area contributed by atoms with Crippen molar-refractivity contribution in [3.8, 4) is 0 Å². The number of hydrogen-bond acceptors (Lipinski definition) is 5. The van der Waals surface area contributed by atoms with Crippen LogP contribution in [0.25, 0.3) is 0 Å². The van der Waals surface area contributed by atoms with E-state index in [0.29, 0.717) is 6.07 Å². The van der Waals surface area contributed by atoms with Gasteiger partial charge in [0.05, 0.1) is 17.1 Å². The predicted molar refractivity (Wildman–Crippen MR) is 67.0 cm³/mol. The van der Waals surface area contributed by atoms with Gasteiger partial charge in [-0.1, -0.05) is 0 Å². The van der Waals surface area contributed by atoms with Crippen LogP contribution in [0.5, 0.6) is 0 Å². The summed E-state index contributed by atoms with van der Waals surface area (Å²) in [7, 11) is -4.17. The van der Waals surface area contributed by atoms with Gasteiger partial charge in [0.1, 0.15) is 5.82 Å². The maximum Gasteiger partial charge on any atom is 0.292 e. The molecule has 110 valence electrons. The fourth-order valence-corrected chi connectivity index (χ4v) is 2.98. The van der Waals surface area contributed by atoms with Crippen LogP contribution >= 0.6 is 0 Å². The molecule has 0 aromatic heterocycles. The minimum absolute atomic E-state index is 0.0703. The highest BCUT2D eigenvalue weighted by atomic mass is 32.2. The second-order valence-electron chi connectivity index (χ2n) is 4.63. The molecule has 1 saturated carbocycles. The Bertz CT molecular complexity index is 630. The zero-order valence-corrected chi connectivity index (χ0v) is 11.1. The van der Waals surface area contributed by atoms with Gasteiger partial charge in [0.15, 0.2) is 4.90 Å². The van der Waals surface area contributed by atoms with E-state index in [2.05, 4.69) is 4.72 Å². The van der Waals surface area contributed by atoms with Gasteiger partial charge in [0.2, 0.25) is 10.0 Å². The van der Waals surface area contributed by atoms with Crippen molar-refractivity contribution in [1.29, 1.82) is 0 Å². The molecular formula is C11H13FN2O5S. The lowest BCUT2D eigenvalue weighted by Gasteiger charge is -2.11. The summed E-state index contributed by atoms with van der Waals surface area (Å²) in [5.41, 5.74) is -0.835. The van der Waals surface area contributed by atoms with Gasteiger partial charge < -0.3 is 5.11 Å². The standard InChI is InChI=1S/C11H13FN2O5S/c12-8-3-4-11(9(5-8)14(16)17)20(18,19)13-6-10(15)7-1-2-7/h3-5,7,10,13,15H,1-2,6H2. The topological polar surface area (TPSA) is 110 Å². The molecule has 0 radical (unpaired) electrons. The first-order valence-electron chi connectivity index (χ1n) is 5.93. The summed E-state index contributed by atoms with van der Waals surface area (Å²) in [5.74, 6) is -0.824. The fourth-order valence-electron chi connectivity index (χ4n) is 1.78. The van der Waals surface area contributed by atoms with Crippen LogP contribution < -0.4 is 4.72 Å². The molecular weight excluding hydrogens is 291 g/mol. The van der Waals surface area contributed by atoms with E-state index >= 15 is 0 Å². The number of hydrogen-bond donors (Lipinski definition) is 2. The smallest absolute Gasteiger partial charge is 0.292 e. The van der Waals surface area contributed by atoms with Crippen molar-refractivity contribution in [2.75, 3.05) is 6.54 Å². The van der Waals surface area contributed by atoms with E-state index in [1.54, 1.807) is 0 Å². The maximum absolute atomic E-state index is 13.0. The average Bonchev–Trinajstić information content (AvgIpc) is 3.19. The lowest BCUT2D eigenvalue weighted by Crippen LogP contribution is -2.33. The molecule has 0 bridgehead atoms. The van der Waals surface area contributed by atoms with Gasteiger partial charge in [-0.2, -0.15) is 0 Å². The highest BCUT2D eigenvalue weighted by Gasteiger charge is 2.32. The van der Waals surface area contributed by atoms with E-state index in [9.17, 15) is 28.0 Å². The molecule has 1 aliphatic rings. The molecule has 1 fully saturated rings. The Hall–Kier alpha value is -1.58. The SMILES string of the molecule is O=[N+]([O-])c1cc(F)ccc1S(=O)(=O)NCC(O)C1CC1. The molecule has 2 rings (SSSR count). The Labute approximate surface area is 114 Å². The Morgan fingerprint density at radius 3 is 2.70 bits per heavy atom. The summed E-state index contributed by atoms with van der Waals surface area (Å²) < 4.78 is 39.0. The zero-order valence-electron chi connectivity index (χ0n) is 10.3. The molecule has 1 aromatic rings. The van der Waals surface area contributed by atoms with E-state index in [1.807, 2.05) is 0 Å². The highest BCUT2D eigenvalue weighted by molar-refractivity contribution is 7.89. The van der Waals surface area contributed by atoms with Crippen molar-refractivity contribution in [2.24, 2.45) is 5.92 Å². The van der Waals surface area contributed by atoms with Gasteiger partial charge in [0.25, 0.3) is 5.69 Å². The summed E-state index contributed by atoms with van der Waals surface area (Å²) in [6.07, 6.45) is 0.850. The lowest BCUT2D eigenvalue weighted by atomic mass is 10.2. The van der Waals surface area contributed by atoms with Gasteiger partial charge in [-0.15, -0.1) is 0 Å². The van der Waals surface area contributed by atoms with Crippen LogP contribution in [0.2, 0.25) is 0 Å². The average molecular weight is 304 g/mol. The van der Waals surface area contributed by atoms with Crippen molar-refractivity contribution in [3.63, 3.8) is 0 Å². The van der Waals surface area contributed by atoms with Crippen LogP contribution in [-0.4, -0.2) is 31.1 Å². The molecule has 1 aliphatic carbocycles. The first-order valence-corrected chi connectivity index (χ1v) is 7.41. The van der Waals surface area contributed by atoms with Crippen LogP contribution in [0.3, 0.4) is 0 Å². The van der Waals surface area contributed by atoms with Crippen LogP contribution in [0.4, 0.5) is 10.1 Å². The number of sulfonamides is 1. The normalized spacial score (nSPS) is 16.9. The van der Waals surface area contributed by atoms with Crippen LogP contribution in [0, 0.1) is 21.8 Å². The Morgan fingerprint density at radius 1 is 1.50 bits per heavy atom. The molecule has 1 aromatic carbocycles. The molecule has 2 N–H and O–H groups in total. The number of benzene rings is 1. The largest absolute Gasteiger partial charge is 0.391 e. The van der Waals surface area contributed by atoms with E-state index in [4.69, 9.17) is 0 Å². The number of nitro benzene ring substituents is 1. The second-order valence-corrected chi connectivity index (χ2v) is 6.36. The van der Waals surface area contributed by atoms with Crippen molar-refractivity contribution < 1.29 is 22.8 Å². The number of nitro groups is 1. The molecule has 0 saturated heterocycles. The third-order valence-electron chi connectivity index (χ3n) is 3.06. The molecule has 0 aliphatic heterocycles. The number of aliphatic hydroxyl groups is 1. The number of nitrogens with one attached hydrogen (secondary N) is 1. The summed E-state index contributed by atoms with van der Waals surface area (Å²) >= 11 is 0. The van der Waals surface area contributed by atoms with E-state index in [1.165, 1.54) is 0 Å². The molecule has 0 spiro atoms. The first kappa shape index (κ1) is 14.8. The predicted octanol–water partition coefficient (Wildman–Crippen LogP) is 0.783. The zero-order chi connectivity index (χ0) is 14.9. The third kappa shape index (κ3) is 3.30. The third-order valence-corrected chi connectivity index (χ3v) is 4.53. The van der Waals surface area contributed by atoms with E-state index in [-0.39, 0.29) is 12.5 Å². The van der Waals surface area contributed by atoms with E-state index < -0.39 is 37.5 Å². The number of rotatable bonds is 6. The minimum Gasteiger partial charge on any atom is -0.391 e. The number of nitrogens with zero attached hydrogens (tertiary/aromatic N) is 1. The van der Waals surface area contributed by atoms with Gasteiger partial charge in [-0.25, -0.2) is 17.5 Å². The first-order chi connectivity index (χ1) is 9.31. The van der Waals surface area contributed by atoms with Crippen LogP contribution in [-0.2, 0) is 10.0 Å². The minimum atomic E-state index is -4.17. The van der Waals surface area contributed by atoms with Crippen LogP contribution in [0.15, 0.2) is 23.1 Å². The summed E-state index contributed by atoms with van der Waals surface area (Å²) in [5, 5.41) is 20.4. The Kier molecular flexibility index (Phi) is 4.02. The summed E-state index contributed by atoms with van der Waals surface area (Å²) in [6.45, 7) is -0.221. The van der Waals surface area contributed by atoms with Gasteiger partial charge >= 0.3 is 0 Å². The summed E-state index contributed by atoms with van der Waals surface area (Å²) in [6, 6.07) is 2.21. The number of halogens is 1. The maximum atomic E-state index is 13.0.